The molecule has 2 aliphatic heterocycles. The van der Waals surface area contributed by atoms with Gasteiger partial charge in [0.1, 0.15) is 29.1 Å². The van der Waals surface area contributed by atoms with Gasteiger partial charge in [0.25, 0.3) is 5.91 Å². The summed E-state index contributed by atoms with van der Waals surface area (Å²) in [4.78, 5) is 26.8. The molecular weight excluding hydrogens is 392 g/mol. The molecule has 2 amide bonds. The maximum Gasteiger partial charge on any atom is 0.272 e. The molecular formula is C21H21F2N5O2. The van der Waals surface area contributed by atoms with E-state index in [0.717, 1.165) is 25.9 Å². The van der Waals surface area contributed by atoms with Crippen LogP contribution in [0.5, 0.6) is 0 Å². The highest BCUT2D eigenvalue weighted by Crippen LogP contribution is 2.32. The molecule has 4 rings (SSSR count). The molecule has 7 nitrogen and oxygen atoms in total. The fraction of sp³-hybridized carbons (Fsp3) is 0.286. The first-order valence-electron chi connectivity index (χ1n) is 9.70. The predicted molar refractivity (Wildman–Crippen MR) is 110 cm³/mol. The number of primary amides is 1. The second-order valence-corrected chi connectivity index (χ2v) is 7.27. The van der Waals surface area contributed by atoms with Crippen LogP contribution in [0.15, 0.2) is 47.6 Å². The van der Waals surface area contributed by atoms with Crippen molar-refractivity contribution in [3.05, 3.63) is 54.1 Å². The normalized spacial score (nSPS) is 18.5. The number of rotatable bonds is 5. The second kappa shape index (κ2) is 8.10. The minimum absolute atomic E-state index is 0.0357. The Balaban J connectivity index is 1.60. The van der Waals surface area contributed by atoms with Crippen LogP contribution in [0.1, 0.15) is 19.3 Å². The molecule has 9 heteroatoms. The zero-order valence-corrected chi connectivity index (χ0v) is 16.1. The third kappa shape index (κ3) is 3.83. The van der Waals surface area contributed by atoms with Crippen molar-refractivity contribution in [3.8, 4) is 0 Å². The molecule has 1 atom stereocenters. The summed E-state index contributed by atoms with van der Waals surface area (Å²) in [6.07, 6.45) is 1.97. The van der Waals surface area contributed by atoms with E-state index < -0.39 is 29.5 Å². The van der Waals surface area contributed by atoms with Crippen LogP contribution in [0.3, 0.4) is 0 Å². The van der Waals surface area contributed by atoms with Crippen LogP contribution in [-0.2, 0) is 9.59 Å². The molecule has 3 N–H and O–H groups in total. The summed E-state index contributed by atoms with van der Waals surface area (Å²) in [7, 11) is 0. The molecule has 0 bridgehead atoms. The Hall–Kier alpha value is -3.49. The second-order valence-electron chi connectivity index (χ2n) is 7.27. The molecule has 0 saturated carbocycles. The number of nitrogens with one attached hydrogen (secondary N) is 1. The lowest BCUT2D eigenvalue weighted by molar-refractivity contribution is -0.119. The van der Waals surface area contributed by atoms with Crippen molar-refractivity contribution < 1.29 is 18.4 Å². The topological polar surface area (TPSA) is 91.0 Å². The number of carbonyl (C=O) groups excluding carboxylic acids is 2. The third-order valence-electron chi connectivity index (χ3n) is 5.27. The molecule has 2 heterocycles. The van der Waals surface area contributed by atoms with Crippen molar-refractivity contribution in [2.24, 2.45) is 10.8 Å². The van der Waals surface area contributed by atoms with Crippen molar-refractivity contribution in [1.29, 1.82) is 0 Å². The van der Waals surface area contributed by atoms with Crippen LogP contribution in [0.2, 0.25) is 0 Å². The minimum Gasteiger partial charge on any atom is -0.370 e. The van der Waals surface area contributed by atoms with E-state index in [0.29, 0.717) is 11.4 Å². The van der Waals surface area contributed by atoms with Crippen molar-refractivity contribution in [1.82, 2.24) is 0 Å². The average molecular weight is 413 g/mol. The lowest BCUT2D eigenvalue weighted by Gasteiger charge is -2.21. The van der Waals surface area contributed by atoms with Gasteiger partial charge >= 0.3 is 0 Å². The number of halogens is 2. The zero-order chi connectivity index (χ0) is 21.3. The highest BCUT2D eigenvalue weighted by Gasteiger charge is 2.35. The Bertz CT molecular complexity index is 1000. The molecule has 2 aromatic rings. The molecule has 2 aliphatic rings. The molecule has 30 heavy (non-hydrogen) atoms. The number of hydrogen-bond acceptors (Lipinski definition) is 5. The number of para-hydroxylation sites is 1. The number of nitrogens with two attached hydrogens (primary N) is 1. The van der Waals surface area contributed by atoms with Gasteiger partial charge in [-0.2, -0.15) is 5.10 Å². The van der Waals surface area contributed by atoms with Crippen LogP contribution in [0.4, 0.5) is 25.8 Å². The summed E-state index contributed by atoms with van der Waals surface area (Å²) >= 11 is 0. The van der Waals surface area contributed by atoms with Crippen LogP contribution in [0.25, 0.3) is 0 Å². The van der Waals surface area contributed by atoms with E-state index in [1.807, 2.05) is 4.90 Å². The van der Waals surface area contributed by atoms with Gasteiger partial charge in [-0.05, 0) is 49.2 Å². The highest BCUT2D eigenvalue weighted by atomic mass is 19.1. The number of nitrogens with zero attached hydrogens (tertiary/aromatic N) is 3. The summed E-state index contributed by atoms with van der Waals surface area (Å²) < 4.78 is 27.8. The predicted octanol–water partition coefficient (Wildman–Crippen LogP) is 2.62. The Kier molecular flexibility index (Phi) is 5.35. The first-order chi connectivity index (χ1) is 14.4. The first kappa shape index (κ1) is 19.8. The third-order valence-corrected chi connectivity index (χ3v) is 5.27. The Morgan fingerprint density at radius 1 is 1.07 bits per heavy atom. The van der Waals surface area contributed by atoms with Gasteiger partial charge < -0.3 is 16.0 Å². The number of anilines is 3. The van der Waals surface area contributed by atoms with Crippen LogP contribution in [0, 0.1) is 11.6 Å². The minimum atomic E-state index is -0.894. The van der Waals surface area contributed by atoms with Crippen LogP contribution in [-0.4, -0.2) is 36.7 Å². The monoisotopic (exact) mass is 413 g/mol. The van der Waals surface area contributed by atoms with E-state index in [9.17, 15) is 18.4 Å². The molecule has 1 unspecified atom stereocenters. The number of hydrazone groups is 1. The Labute approximate surface area is 172 Å². The van der Waals surface area contributed by atoms with Crippen molar-refractivity contribution in [2.45, 2.75) is 25.3 Å². The molecule has 0 radical (unpaired) electrons. The number of benzene rings is 2. The van der Waals surface area contributed by atoms with Crippen molar-refractivity contribution in [3.63, 3.8) is 0 Å². The van der Waals surface area contributed by atoms with E-state index in [4.69, 9.17) is 5.73 Å². The van der Waals surface area contributed by atoms with Gasteiger partial charge in [-0.25, -0.2) is 8.78 Å². The van der Waals surface area contributed by atoms with Gasteiger partial charge in [-0.3, -0.25) is 14.6 Å². The van der Waals surface area contributed by atoms with E-state index >= 15 is 0 Å². The van der Waals surface area contributed by atoms with Gasteiger partial charge in [-0.15, -0.1) is 0 Å². The van der Waals surface area contributed by atoms with E-state index in [-0.39, 0.29) is 17.8 Å². The molecule has 1 saturated heterocycles. The van der Waals surface area contributed by atoms with E-state index in [1.165, 1.54) is 35.3 Å². The fourth-order valence-corrected chi connectivity index (χ4v) is 3.74. The highest BCUT2D eigenvalue weighted by molar-refractivity contribution is 6.44. The SMILES string of the molecule is NC(=O)C1CC(C(=O)Nc2c(F)cccc2N2CCCC2)=NN1c1ccc(F)cc1. The molecule has 0 spiro atoms. The van der Waals surface area contributed by atoms with Crippen LogP contribution >= 0.6 is 0 Å². The van der Waals surface area contributed by atoms with Gasteiger partial charge in [-0.1, -0.05) is 6.07 Å². The molecule has 0 aromatic heterocycles. The number of hydrogen-bond donors (Lipinski definition) is 2. The summed E-state index contributed by atoms with van der Waals surface area (Å²) in [5.41, 5.74) is 6.64. The van der Waals surface area contributed by atoms with E-state index in [2.05, 4.69) is 10.4 Å². The summed E-state index contributed by atoms with van der Waals surface area (Å²) in [5, 5.41) is 8.13. The Morgan fingerprint density at radius 2 is 1.77 bits per heavy atom. The maximum atomic E-state index is 14.5. The quantitative estimate of drug-likeness (QED) is 0.788. The van der Waals surface area contributed by atoms with E-state index in [1.54, 1.807) is 12.1 Å². The van der Waals surface area contributed by atoms with Crippen molar-refractivity contribution >= 4 is 34.6 Å². The molecule has 1 fully saturated rings. The lowest BCUT2D eigenvalue weighted by atomic mass is 10.1. The fourth-order valence-electron chi connectivity index (χ4n) is 3.74. The Morgan fingerprint density at radius 3 is 2.43 bits per heavy atom. The largest absolute Gasteiger partial charge is 0.370 e. The number of carbonyl (C=O) groups is 2. The first-order valence-corrected chi connectivity index (χ1v) is 9.70. The van der Waals surface area contributed by atoms with Gasteiger partial charge in [0.15, 0.2) is 0 Å². The maximum absolute atomic E-state index is 14.5. The smallest absolute Gasteiger partial charge is 0.272 e. The van der Waals surface area contributed by atoms with Crippen molar-refractivity contribution in [2.75, 3.05) is 28.3 Å². The molecule has 2 aromatic carbocycles. The summed E-state index contributed by atoms with van der Waals surface area (Å²) in [6, 6.07) is 9.09. The summed E-state index contributed by atoms with van der Waals surface area (Å²) in [6.45, 7) is 1.57. The average Bonchev–Trinajstić information content (AvgIpc) is 3.40. The number of amides is 2. The molecule has 0 aliphatic carbocycles. The van der Waals surface area contributed by atoms with Crippen LogP contribution < -0.4 is 21.0 Å². The zero-order valence-electron chi connectivity index (χ0n) is 16.1. The summed E-state index contributed by atoms with van der Waals surface area (Å²) in [5.74, 6) is -2.27. The van der Waals surface area contributed by atoms with Gasteiger partial charge in [0.2, 0.25) is 5.91 Å². The standard InChI is InChI=1S/C21H21F2N5O2/c22-13-6-8-14(9-7-13)28-18(20(24)29)12-16(26-28)21(30)25-19-15(23)4-3-5-17(19)27-10-1-2-11-27/h3-9,18H,1-2,10-12H2,(H2,24,29)(H,25,30). The lowest BCUT2D eigenvalue weighted by Crippen LogP contribution is -2.39. The van der Waals surface area contributed by atoms with Gasteiger partial charge in [0.05, 0.1) is 11.4 Å². The van der Waals surface area contributed by atoms with Gasteiger partial charge in [0, 0.05) is 19.5 Å². The molecule has 156 valence electrons.